The van der Waals surface area contributed by atoms with E-state index in [2.05, 4.69) is 30.4 Å². The third kappa shape index (κ3) is 1.30. The molecule has 0 unspecified atom stereocenters. The van der Waals surface area contributed by atoms with Crippen LogP contribution in [0.5, 0.6) is 0 Å². The summed E-state index contributed by atoms with van der Waals surface area (Å²) < 4.78 is 0.606. The van der Waals surface area contributed by atoms with Crippen LogP contribution in [-0.2, 0) is 0 Å². The zero-order chi connectivity index (χ0) is 11.5. The summed E-state index contributed by atoms with van der Waals surface area (Å²) >= 11 is 4.65. The van der Waals surface area contributed by atoms with Crippen LogP contribution in [0.1, 0.15) is 51.9 Å². The number of rotatable bonds is 0. The lowest BCUT2D eigenvalue weighted by Crippen LogP contribution is -2.54. The molecular weight excluding hydrogens is 244 g/mol. The SMILES string of the molecule is CC1=C2CCC[C@]23CCCC2(SCCCS2)[C@H]13. The van der Waals surface area contributed by atoms with Crippen molar-refractivity contribution in [2.45, 2.75) is 55.9 Å². The first-order valence-electron chi connectivity index (χ1n) is 7.27. The lowest BCUT2D eigenvalue weighted by molar-refractivity contribution is 0.125. The average molecular weight is 266 g/mol. The molecule has 3 fully saturated rings. The topological polar surface area (TPSA) is 0 Å². The number of hydrogen-bond donors (Lipinski definition) is 0. The maximum absolute atomic E-state index is 2.46. The Bertz CT molecular complexity index is 373. The van der Waals surface area contributed by atoms with Gasteiger partial charge in [-0.1, -0.05) is 17.6 Å². The van der Waals surface area contributed by atoms with E-state index in [0.717, 1.165) is 5.92 Å². The number of thioether (sulfide) groups is 2. The highest BCUT2D eigenvalue weighted by Crippen LogP contribution is 2.73. The van der Waals surface area contributed by atoms with Gasteiger partial charge < -0.3 is 0 Å². The van der Waals surface area contributed by atoms with Crippen molar-refractivity contribution in [3.63, 3.8) is 0 Å². The van der Waals surface area contributed by atoms with Crippen LogP contribution in [0.15, 0.2) is 11.1 Å². The highest BCUT2D eigenvalue weighted by Gasteiger charge is 2.63. The summed E-state index contributed by atoms with van der Waals surface area (Å²) in [7, 11) is 0. The molecular formula is C15H22S2. The molecule has 1 aliphatic heterocycles. The molecule has 4 aliphatic rings. The summed E-state index contributed by atoms with van der Waals surface area (Å²) in [6.45, 7) is 2.46. The van der Waals surface area contributed by atoms with Crippen molar-refractivity contribution in [3.8, 4) is 0 Å². The highest BCUT2D eigenvalue weighted by atomic mass is 32.2. The molecule has 3 aliphatic carbocycles. The van der Waals surface area contributed by atoms with Crippen LogP contribution in [0.25, 0.3) is 0 Å². The molecule has 0 aromatic rings. The van der Waals surface area contributed by atoms with Crippen molar-refractivity contribution in [2.75, 3.05) is 11.5 Å². The average Bonchev–Trinajstić information content (AvgIpc) is 2.67. The van der Waals surface area contributed by atoms with E-state index in [0.29, 0.717) is 9.49 Å². The van der Waals surface area contributed by atoms with Gasteiger partial charge in [0.2, 0.25) is 0 Å². The molecule has 0 radical (unpaired) electrons. The van der Waals surface area contributed by atoms with Crippen LogP contribution in [0.2, 0.25) is 0 Å². The molecule has 1 saturated heterocycles. The van der Waals surface area contributed by atoms with Crippen LogP contribution < -0.4 is 0 Å². The van der Waals surface area contributed by atoms with Crippen molar-refractivity contribution in [1.29, 1.82) is 0 Å². The second-order valence-electron chi connectivity index (χ2n) is 6.32. The monoisotopic (exact) mass is 266 g/mol. The van der Waals surface area contributed by atoms with Gasteiger partial charge in [-0.05, 0) is 57.0 Å². The Morgan fingerprint density at radius 3 is 2.59 bits per heavy atom. The van der Waals surface area contributed by atoms with Crippen LogP contribution >= 0.6 is 23.5 Å². The van der Waals surface area contributed by atoms with E-state index in [1.54, 1.807) is 0 Å². The summed E-state index contributed by atoms with van der Waals surface area (Å²) in [5, 5.41) is 0. The largest absolute Gasteiger partial charge is 0.144 e. The standard InChI is InChI=1S/C15H22S2/c1-11-12-5-2-6-14(12)7-3-8-15(13(11)14)16-9-4-10-17-15/h13H,2-10H2,1H3/t13-,14+/m1/s1. The van der Waals surface area contributed by atoms with E-state index in [1.165, 1.54) is 56.5 Å². The Kier molecular flexibility index (Phi) is 2.47. The number of allylic oxidation sites excluding steroid dienone is 2. The van der Waals surface area contributed by atoms with Gasteiger partial charge in [-0.2, -0.15) is 0 Å². The van der Waals surface area contributed by atoms with Crippen molar-refractivity contribution in [3.05, 3.63) is 11.1 Å². The third-order valence-corrected chi connectivity index (χ3v) is 9.23. The van der Waals surface area contributed by atoms with Gasteiger partial charge in [-0.15, -0.1) is 23.5 Å². The first-order chi connectivity index (χ1) is 8.29. The number of fused-ring (bicyclic) bond motifs is 1. The zero-order valence-corrected chi connectivity index (χ0v) is 12.4. The Hall–Kier alpha value is 0.440. The maximum Gasteiger partial charge on any atom is 0.0684 e. The van der Waals surface area contributed by atoms with E-state index in [9.17, 15) is 0 Å². The van der Waals surface area contributed by atoms with Gasteiger partial charge in [0, 0.05) is 11.3 Å². The Balaban J connectivity index is 1.76. The van der Waals surface area contributed by atoms with Crippen molar-refractivity contribution < 1.29 is 0 Å². The quantitative estimate of drug-likeness (QED) is 0.575. The predicted molar refractivity (Wildman–Crippen MR) is 78.6 cm³/mol. The molecule has 0 N–H and O–H groups in total. The summed E-state index contributed by atoms with van der Waals surface area (Å²) in [6, 6.07) is 0. The van der Waals surface area contributed by atoms with Crippen LogP contribution in [-0.4, -0.2) is 15.6 Å². The molecule has 0 nitrogen and oxygen atoms in total. The Morgan fingerprint density at radius 2 is 1.76 bits per heavy atom. The molecule has 94 valence electrons. The smallest absolute Gasteiger partial charge is 0.0684 e. The highest BCUT2D eigenvalue weighted by molar-refractivity contribution is 8.18. The van der Waals surface area contributed by atoms with Gasteiger partial charge in [0.1, 0.15) is 0 Å². The van der Waals surface area contributed by atoms with Crippen molar-refractivity contribution in [2.24, 2.45) is 11.3 Å². The predicted octanol–water partition coefficient (Wildman–Crippen LogP) is 4.85. The minimum Gasteiger partial charge on any atom is -0.144 e. The van der Waals surface area contributed by atoms with Crippen molar-refractivity contribution >= 4 is 23.5 Å². The molecule has 2 atom stereocenters. The molecule has 2 heteroatoms. The van der Waals surface area contributed by atoms with E-state index in [4.69, 9.17) is 0 Å². The number of hydrogen-bond acceptors (Lipinski definition) is 2. The second-order valence-corrected chi connectivity index (χ2v) is 9.43. The fourth-order valence-corrected chi connectivity index (χ4v) is 9.27. The fourth-order valence-electron chi connectivity index (χ4n) is 5.27. The van der Waals surface area contributed by atoms with Crippen LogP contribution in [0, 0.1) is 11.3 Å². The molecule has 0 bridgehead atoms. The summed E-state index contributed by atoms with van der Waals surface area (Å²) in [6.07, 6.45) is 10.4. The van der Waals surface area contributed by atoms with Crippen LogP contribution in [0.4, 0.5) is 0 Å². The Morgan fingerprint density at radius 1 is 1.00 bits per heavy atom. The van der Waals surface area contributed by atoms with E-state index in [1.807, 2.05) is 11.1 Å². The molecule has 4 rings (SSSR count). The molecule has 1 heterocycles. The normalized spacial score (nSPS) is 43.2. The lowest BCUT2D eigenvalue weighted by atomic mass is 9.51. The molecule has 2 saturated carbocycles. The van der Waals surface area contributed by atoms with E-state index < -0.39 is 0 Å². The fraction of sp³-hybridized carbons (Fsp3) is 0.867. The van der Waals surface area contributed by atoms with E-state index in [-0.39, 0.29) is 0 Å². The van der Waals surface area contributed by atoms with Gasteiger partial charge in [0.25, 0.3) is 0 Å². The molecule has 0 amide bonds. The lowest BCUT2D eigenvalue weighted by Gasteiger charge is -2.61. The second kappa shape index (κ2) is 3.72. The summed E-state index contributed by atoms with van der Waals surface area (Å²) in [5.41, 5.74) is 4.44. The van der Waals surface area contributed by atoms with Crippen molar-refractivity contribution in [1.82, 2.24) is 0 Å². The van der Waals surface area contributed by atoms with Gasteiger partial charge >= 0.3 is 0 Å². The van der Waals surface area contributed by atoms with Crippen LogP contribution in [0.3, 0.4) is 0 Å². The molecule has 0 aromatic heterocycles. The molecule has 2 spiro atoms. The van der Waals surface area contributed by atoms with Gasteiger partial charge in [-0.25, -0.2) is 0 Å². The Labute approximate surface area is 113 Å². The minimum atomic E-state index is 0.606. The van der Waals surface area contributed by atoms with E-state index >= 15 is 0 Å². The minimum absolute atomic E-state index is 0.606. The third-order valence-electron chi connectivity index (χ3n) is 5.68. The zero-order valence-electron chi connectivity index (χ0n) is 10.8. The molecule has 17 heavy (non-hydrogen) atoms. The van der Waals surface area contributed by atoms with Gasteiger partial charge in [-0.3, -0.25) is 0 Å². The first-order valence-corrected chi connectivity index (χ1v) is 9.24. The van der Waals surface area contributed by atoms with Gasteiger partial charge in [0.05, 0.1) is 4.08 Å². The summed E-state index contributed by atoms with van der Waals surface area (Å²) in [5.74, 6) is 3.79. The first kappa shape index (κ1) is 11.3. The summed E-state index contributed by atoms with van der Waals surface area (Å²) in [4.78, 5) is 0. The van der Waals surface area contributed by atoms with Gasteiger partial charge in [0.15, 0.2) is 0 Å². The maximum atomic E-state index is 2.46. The molecule has 0 aromatic carbocycles.